The number of hydrogen-bond acceptors (Lipinski definition) is 2. The van der Waals surface area contributed by atoms with Crippen LogP contribution in [-0.2, 0) is 0 Å². The molecule has 0 fully saturated rings. The van der Waals surface area contributed by atoms with Gasteiger partial charge in [-0.15, -0.1) is 0 Å². The van der Waals surface area contributed by atoms with Crippen LogP contribution in [0.15, 0.2) is 146 Å². The van der Waals surface area contributed by atoms with Crippen molar-refractivity contribution in [2.24, 2.45) is 0 Å². The summed E-state index contributed by atoms with van der Waals surface area (Å²) >= 11 is 0. The van der Waals surface area contributed by atoms with Crippen LogP contribution < -0.4 is 0 Å². The van der Waals surface area contributed by atoms with Crippen molar-refractivity contribution >= 4 is 43.4 Å². The highest BCUT2D eigenvalue weighted by Gasteiger charge is 2.24. The molecule has 54 heavy (non-hydrogen) atoms. The van der Waals surface area contributed by atoms with Gasteiger partial charge in [0.15, 0.2) is 0 Å². The van der Waals surface area contributed by atoms with Crippen LogP contribution in [0.3, 0.4) is 0 Å². The van der Waals surface area contributed by atoms with Crippen molar-refractivity contribution in [1.29, 1.82) is 0 Å². The Bertz CT molecular complexity index is 2690. The van der Waals surface area contributed by atoms with Crippen LogP contribution in [0.25, 0.3) is 65.6 Å². The summed E-state index contributed by atoms with van der Waals surface area (Å²) in [5, 5.41) is 7.42. The highest BCUT2D eigenvalue weighted by Crippen LogP contribution is 2.42. The van der Waals surface area contributed by atoms with Crippen LogP contribution >= 0.6 is 0 Å². The Hall–Kier alpha value is -6.12. The molecule has 0 spiro atoms. The molecule has 0 aliphatic carbocycles. The smallest absolute Gasteiger partial charge is 0.0974 e. The van der Waals surface area contributed by atoms with E-state index in [4.69, 9.17) is 9.97 Å². The zero-order valence-corrected chi connectivity index (χ0v) is 31.9. The quantitative estimate of drug-likeness (QED) is 0.162. The summed E-state index contributed by atoms with van der Waals surface area (Å²) in [7, 11) is 0. The van der Waals surface area contributed by atoms with Gasteiger partial charge in [-0.2, -0.15) is 0 Å². The van der Waals surface area contributed by atoms with Gasteiger partial charge in [-0.25, -0.2) is 9.97 Å². The number of fused-ring (bicyclic) bond motifs is 5. The number of aromatic nitrogens is 2. The first-order valence-corrected chi connectivity index (χ1v) is 19.1. The first-order valence-electron chi connectivity index (χ1n) is 19.1. The number of nitrogens with zero attached hydrogens (tertiary/aromatic N) is 2. The molecule has 0 saturated heterocycles. The summed E-state index contributed by atoms with van der Waals surface area (Å²) < 4.78 is 0. The Kier molecular flexibility index (Phi) is 8.35. The third-order valence-electron chi connectivity index (χ3n) is 11.7. The molecule has 0 N–H and O–H groups in total. The van der Waals surface area contributed by atoms with E-state index in [2.05, 4.69) is 187 Å². The first-order chi connectivity index (χ1) is 26.3. The fraction of sp³-hybridized carbons (Fsp3) is 0.154. The second kappa shape index (κ2) is 13.4. The van der Waals surface area contributed by atoms with Crippen molar-refractivity contribution in [1.82, 2.24) is 9.97 Å². The van der Waals surface area contributed by atoms with Gasteiger partial charge in [0.2, 0.25) is 0 Å². The minimum Gasteiger partial charge on any atom is -0.250 e. The fourth-order valence-electron chi connectivity index (χ4n) is 8.98. The molecule has 2 aromatic heterocycles. The molecule has 0 amide bonds. The van der Waals surface area contributed by atoms with E-state index in [-0.39, 0.29) is 11.8 Å². The highest BCUT2D eigenvalue weighted by molar-refractivity contribution is 6.12. The van der Waals surface area contributed by atoms with Gasteiger partial charge in [0.05, 0.1) is 11.0 Å². The molecule has 2 heterocycles. The largest absolute Gasteiger partial charge is 0.250 e. The second-order valence-electron chi connectivity index (χ2n) is 15.2. The van der Waals surface area contributed by atoms with Crippen LogP contribution in [-0.4, -0.2) is 9.97 Å². The van der Waals surface area contributed by atoms with E-state index in [0.717, 1.165) is 33.2 Å². The van der Waals surface area contributed by atoms with Gasteiger partial charge in [-0.1, -0.05) is 147 Å². The van der Waals surface area contributed by atoms with Gasteiger partial charge in [-0.05, 0) is 117 Å². The molecule has 0 aliphatic rings. The SMILES string of the molecule is Cc1ccc2cccc(C)c2c1C(C)c1cc(-c2ccccc2)c2ccc3c(-c4ccccc4)cc(C(C)c4c(C)ccc5cccc(C)c45)nc3c2n1. The Morgan fingerprint density at radius 2 is 0.796 bits per heavy atom. The second-order valence-corrected chi connectivity index (χ2v) is 15.2. The van der Waals surface area contributed by atoms with Crippen molar-refractivity contribution in [2.45, 2.75) is 53.4 Å². The molecule has 0 radical (unpaired) electrons. The van der Waals surface area contributed by atoms with Crippen molar-refractivity contribution in [3.05, 3.63) is 190 Å². The lowest BCUT2D eigenvalue weighted by atomic mass is 9.85. The van der Waals surface area contributed by atoms with E-state index in [0.29, 0.717) is 0 Å². The summed E-state index contributed by atoms with van der Waals surface area (Å²) in [6.07, 6.45) is 0. The Labute approximate surface area is 318 Å². The zero-order valence-electron chi connectivity index (χ0n) is 31.9. The molecule has 2 nitrogen and oxygen atoms in total. The van der Waals surface area contributed by atoms with Crippen LogP contribution in [0, 0.1) is 27.7 Å². The van der Waals surface area contributed by atoms with Crippen LogP contribution in [0.1, 0.15) is 70.5 Å². The molecular weight excluding hydrogens is 653 g/mol. The lowest BCUT2D eigenvalue weighted by Gasteiger charge is -2.22. The van der Waals surface area contributed by atoms with Crippen LogP contribution in [0.2, 0.25) is 0 Å². The molecule has 2 unspecified atom stereocenters. The lowest BCUT2D eigenvalue weighted by molar-refractivity contribution is 0.875. The Morgan fingerprint density at radius 1 is 0.389 bits per heavy atom. The summed E-state index contributed by atoms with van der Waals surface area (Å²) in [5.41, 5.74) is 16.5. The van der Waals surface area contributed by atoms with Gasteiger partial charge in [0, 0.05) is 34.0 Å². The van der Waals surface area contributed by atoms with Crippen molar-refractivity contribution in [3.63, 3.8) is 0 Å². The summed E-state index contributed by atoms with van der Waals surface area (Å²) in [5.74, 6) is 0.0999. The van der Waals surface area contributed by atoms with Gasteiger partial charge < -0.3 is 0 Å². The third kappa shape index (κ3) is 5.56. The van der Waals surface area contributed by atoms with E-state index in [9.17, 15) is 0 Å². The maximum absolute atomic E-state index is 5.67. The van der Waals surface area contributed by atoms with Gasteiger partial charge in [0.25, 0.3) is 0 Å². The molecule has 2 heteroatoms. The van der Waals surface area contributed by atoms with Crippen molar-refractivity contribution in [3.8, 4) is 22.3 Å². The van der Waals surface area contributed by atoms with Crippen LogP contribution in [0.4, 0.5) is 0 Å². The first kappa shape index (κ1) is 33.7. The van der Waals surface area contributed by atoms with E-state index < -0.39 is 0 Å². The summed E-state index contributed by atoms with van der Waals surface area (Å²) in [6, 6.07) is 53.0. The maximum Gasteiger partial charge on any atom is 0.0974 e. The molecule has 0 bridgehead atoms. The normalized spacial score (nSPS) is 12.9. The standard InChI is InChI=1S/C52H44N2/c1-31-15-13-21-39-25-23-33(3)47(49(31)39)35(5)45-29-43(37-17-9-7-10-18-37)41-27-28-42-44(38-19-11-8-12-20-38)30-46(54-52(42)51(41)53-45)36(6)48-34(4)24-26-40-22-14-16-32(2)50(40)48/h7-30,35-36H,1-6H3. The van der Waals surface area contributed by atoms with E-state index >= 15 is 0 Å². The summed E-state index contributed by atoms with van der Waals surface area (Å²) in [4.78, 5) is 11.3. The lowest BCUT2D eigenvalue weighted by Crippen LogP contribution is -2.07. The van der Waals surface area contributed by atoms with E-state index in [1.54, 1.807) is 0 Å². The predicted molar refractivity (Wildman–Crippen MR) is 230 cm³/mol. The zero-order chi connectivity index (χ0) is 37.1. The highest BCUT2D eigenvalue weighted by atomic mass is 14.8. The molecule has 0 aliphatic heterocycles. The van der Waals surface area contributed by atoms with Crippen molar-refractivity contribution in [2.75, 3.05) is 0 Å². The number of pyridine rings is 2. The number of benzene rings is 7. The topological polar surface area (TPSA) is 25.8 Å². The van der Waals surface area contributed by atoms with Crippen molar-refractivity contribution < 1.29 is 0 Å². The Balaban J connectivity index is 1.37. The monoisotopic (exact) mass is 696 g/mol. The minimum atomic E-state index is 0.0499. The molecular formula is C52H44N2. The molecule has 9 rings (SSSR count). The summed E-state index contributed by atoms with van der Waals surface area (Å²) in [6.45, 7) is 13.6. The number of aryl methyl sites for hydroxylation is 4. The third-order valence-corrected chi connectivity index (χ3v) is 11.7. The molecule has 0 saturated carbocycles. The van der Waals surface area contributed by atoms with E-state index in [1.165, 1.54) is 77.2 Å². The molecule has 2 atom stereocenters. The van der Waals surface area contributed by atoms with Gasteiger partial charge >= 0.3 is 0 Å². The molecule has 7 aromatic carbocycles. The number of rotatable bonds is 6. The van der Waals surface area contributed by atoms with E-state index in [1.807, 2.05) is 0 Å². The average Bonchev–Trinajstić information content (AvgIpc) is 3.20. The Morgan fingerprint density at radius 3 is 1.20 bits per heavy atom. The minimum absolute atomic E-state index is 0.0499. The fourth-order valence-corrected chi connectivity index (χ4v) is 8.98. The number of hydrogen-bond donors (Lipinski definition) is 0. The van der Waals surface area contributed by atoms with Gasteiger partial charge in [0.1, 0.15) is 0 Å². The molecule has 9 aromatic rings. The maximum atomic E-state index is 5.67. The van der Waals surface area contributed by atoms with Crippen LogP contribution in [0.5, 0.6) is 0 Å². The molecule has 262 valence electrons. The van der Waals surface area contributed by atoms with Gasteiger partial charge in [-0.3, -0.25) is 0 Å². The predicted octanol–water partition coefficient (Wildman–Crippen LogP) is 14.0. The average molecular weight is 697 g/mol.